The van der Waals surface area contributed by atoms with Gasteiger partial charge in [-0.3, -0.25) is 4.79 Å². The third-order valence-electron chi connectivity index (χ3n) is 2.02. The third-order valence-corrected chi connectivity index (χ3v) is 2.02. The number of hydrogen-bond donors (Lipinski definition) is 2. The fourth-order valence-electron chi connectivity index (χ4n) is 1.17. The van der Waals surface area contributed by atoms with E-state index >= 15 is 0 Å². The van der Waals surface area contributed by atoms with Crippen LogP contribution in [0.25, 0.3) is 0 Å². The van der Waals surface area contributed by atoms with Gasteiger partial charge in [0.25, 0.3) is 0 Å². The van der Waals surface area contributed by atoms with Crippen molar-refractivity contribution >= 4 is 5.97 Å². The van der Waals surface area contributed by atoms with Crippen molar-refractivity contribution in [1.82, 2.24) is 5.32 Å². The van der Waals surface area contributed by atoms with E-state index in [1.165, 1.54) is 0 Å². The zero-order valence-electron chi connectivity index (χ0n) is 11.0. The average Bonchev–Trinajstić information content (AvgIpc) is 2.10. The molecule has 0 aromatic carbocycles. The smallest absolute Gasteiger partial charge is 0.307 e. The predicted molar refractivity (Wildman–Crippen MR) is 64.2 cm³/mol. The molecular formula is C12H25NO3. The molecule has 4 nitrogen and oxygen atoms in total. The third kappa shape index (κ3) is 8.68. The summed E-state index contributed by atoms with van der Waals surface area (Å²) in [6.45, 7) is 10.3. The Balaban J connectivity index is 3.79. The van der Waals surface area contributed by atoms with Gasteiger partial charge >= 0.3 is 5.97 Å². The van der Waals surface area contributed by atoms with E-state index in [1.54, 1.807) is 0 Å². The fraction of sp³-hybridized carbons (Fsp3) is 0.917. The predicted octanol–water partition coefficient (Wildman–Crippen LogP) is 1.32. The second kappa shape index (κ2) is 6.86. The SMILES string of the molecule is CC(CO)CNC(C)CC(=O)OC(C)(C)C. The van der Waals surface area contributed by atoms with Gasteiger partial charge in [-0.05, 0) is 33.6 Å². The molecule has 2 unspecified atom stereocenters. The highest BCUT2D eigenvalue weighted by atomic mass is 16.6. The van der Waals surface area contributed by atoms with Gasteiger partial charge < -0.3 is 15.2 Å². The molecule has 0 amide bonds. The Kier molecular flexibility index (Phi) is 6.60. The van der Waals surface area contributed by atoms with Gasteiger partial charge in [-0.15, -0.1) is 0 Å². The Morgan fingerprint density at radius 2 is 1.94 bits per heavy atom. The zero-order valence-corrected chi connectivity index (χ0v) is 11.0. The van der Waals surface area contributed by atoms with Crippen molar-refractivity contribution in [3.05, 3.63) is 0 Å². The van der Waals surface area contributed by atoms with Crippen LogP contribution < -0.4 is 5.32 Å². The molecule has 0 aliphatic rings. The van der Waals surface area contributed by atoms with Gasteiger partial charge in [0.1, 0.15) is 5.60 Å². The number of carbonyl (C=O) groups excluding carboxylic acids is 1. The topological polar surface area (TPSA) is 58.6 Å². The van der Waals surface area contributed by atoms with Crippen LogP contribution in [0.15, 0.2) is 0 Å². The fourth-order valence-corrected chi connectivity index (χ4v) is 1.17. The minimum atomic E-state index is -0.421. The molecule has 0 radical (unpaired) electrons. The number of aliphatic hydroxyl groups excluding tert-OH is 1. The highest BCUT2D eigenvalue weighted by Gasteiger charge is 2.18. The van der Waals surface area contributed by atoms with E-state index < -0.39 is 5.60 Å². The van der Waals surface area contributed by atoms with Crippen LogP contribution in [0.2, 0.25) is 0 Å². The Labute approximate surface area is 98.4 Å². The molecule has 0 rings (SSSR count). The van der Waals surface area contributed by atoms with Crippen molar-refractivity contribution in [3.8, 4) is 0 Å². The molecule has 0 spiro atoms. The van der Waals surface area contributed by atoms with Gasteiger partial charge in [0.2, 0.25) is 0 Å². The summed E-state index contributed by atoms with van der Waals surface area (Å²) in [7, 11) is 0. The molecule has 2 N–H and O–H groups in total. The van der Waals surface area contributed by atoms with Crippen LogP contribution in [0.5, 0.6) is 0 Å². The highest BCUT2D eigenvalue weighted by molar-refractivity contribution is 5.70. The van der Waals surface area contributed by atoms with E-state index in [1.807, 2.05) is 34.6 Å². The summed E-state index contributed by atoms with van der Waals surface area (Å²) in [5.41, 5.74) is -0.421. The molecule has 0 aromatic heterocycles. The molecular weight excluding hydrogens is 206 g/mol. The monoisotopic (exact) mass is 231 g/mol. The standard InChI is InChI=1S/C12H25NO3/c1-9(8-14)7-13-10(2)6-11(15)16-12(3,4)5/h9-10,13-14H,6-8H2,1-5H3. The number of nitrogens with one attached hydrogen (secondary N) is 1. The Bertz CT molecular complexity index is 211. The van der Waals surface area contributed by atoms with Crippen molar-refractivity contribution in [2.45, 2.75) is 52.7 Å². The summed E-state index contributed by atoms with van der Waals surface area (Å²) < 4.78 is 5.21. The Morgan fingerprint density at radius 3 is 2.38 bits per heavy atom. The maximum absolute atomic E-state index is 11.5. The molecule has 0 aliphatic heterocycles. The number of rotatable bonds is 6. The van der Waals surface area contributed by atoms with Crippen LogP contribution in [0.3, 0.4) is 0 Å². The van der Waals surface area contributed by atoms with Gasteiger partial charge in [-0.1, -0.05) is 6.92 Å². The number of carbonyl (C=O) groups is 1. The maximum atomic E-state index is 11.5. The number of ether oxygens (including phenoxy) is 1. The maximum Gasteiger partial charge on any atom is 0.307 e. The lowest BCUT2D eigenvalue weighted by Gasteiger charge is -2.21. The first-order valence-electron chi connectivity index (χ1n) is 5.80. The van der Waals surface area contributed by atoms with Crippen LogP contribution in [0.1, 0.15) is 41.0 Å². The molecule has 0 saturated heterocycles. The number of aliphatic hydroxyl groups is 1. The molecule has 0 aliphatic carbocycles. The molecule has 4 heteroatoms. The summed E-state index contributed by atoms with van der Waals surface area (Å²) in [6, 6.07) is 0.0730. The number of hydrogen-bond acceptors (Lipinski definition) is 4. The van der Waals surface area contributed by atoms with Gasteiger partial charge in [0.15, 0.2) is 0 Å². The summed E-state index contributed by atoms with van der Waals surface area (Å²) in [5, 5.41) is 12.0. The van der Waals surface area contributed by atoms with Crippen molar-refractivity contribution in [1.29, 1.82) is 0 Å². The van der Waals surface area contributed by atoms with Gasteiger partial charge in [0, 0.05) is 19.2 Å². The first kappa shape index (κ1) is 15.4. The minimum Gasteiger partial charge on any atom is -0.460 e. The quantitative estimate of drug-likeness (QED) is 0.677. The molecule has 0 bridgehead atoms. The van der Waals surface area contributed by atoms with Crippen LogP contribution in [0.4, 0.5) is 0 Å². The molecule has 16 heavy (non-hydrogen) atoms. The van der Waals surface area contributed by atoms with Gasteiger partial charge in [-0.2, -0.15) is 0 Å². The van der Waals surface area contributed by atoms with E-state index in [4.69, 9.17) is 9.84 Å². The zero-order chi connectivity index (χ0) is 12.8. The largest absolute Gasteiger partial charge is 0.460 e. The normalized spacial score (nSPS) is 15.6. The summed E-state index contributed by atoms with van der Waals surface area (Å²) in [5.74, 6) is 0.0187. The molecule has 0 fully saturated rings. The summed E-state index contributed by atoms with van der Waals surface area (Å²) in [4.78, 5) is 11.5. The van der Waals surface area contributed by atoms with Crippen molar-refractivity contribution in [2.24, 2.45) is 5.92 Å². The Morgan fingerprint density at radius 1 is 1.38 bits per heavy atom. The molecule has 0 saturated carbocycles. The molecule has 0 aromatic rings. The summed E-state index contributed by atoms with van der Waals surface area (Å²) >= 11 is 0. The van der Waals surface area contributed by atoms with E-state index in [0.29, 0.717) is 13.0 Å². The average molecular weight is 231 g/mol. The molecule has 96 valence electrons. The van der Waals surface area contributed by atoms with E-state index in [2.05, 4.69) is 5.32 Å². The highest BCUT2D eigenvalue weighted by Crippen LogP contribution is 2.09. The van der Waals surface area contributed by atoms with Crippen LogP contribution >= 0.6 is 0 Å². The second-order valence-corrected chi connectivity index (χ2v) is 5.39. The van der Waals surface area contributed by atoms with Crippen molar-refractivity contribution < 1.29 is 14.6 Å². The van der Waals surface area contributed by atoms with E-state index in [9.17, 15) is 4.79 Å². The summed E-state index contributed by atoms with van der Waals surface area (Å²) in [6.07, 6.45) is 0.357. The lowest BCUT2D eigenvalue weighted by atomic mass is 10.1. The van der Waals surface area contributed by atoms with Crippen molar-refractivity contribution in [2.75, 3.05) is 13.2 Å². The minimum absolute atomic E-state index is 0.0730. The molecule has 0 heterocycles. The van der Waals surface area contributed by atoms with E-state index in [-0.39, 0.29) is 24.5 Å². The van der Waals surface area contributed by atoms with Crippen molar-refractivity contribution in [3.63, 3.8) is 0 Å². The van der Waals surface area contributed by atoms with Gasteiger partial charge in [0.05, 0.1) is 6.42 Å². The van der Waals surface area contributed by atoms with Gasteiger partial charge in [-0.25, -0.2) is 0 Å². The second-order valence-electron chi connectivity index (χ2n) is 5.39. The lowest BCUT2D eigenvalue weighted by Crippen LogP contribution is -2.35. The van der Waals surface area contributed by atoms with Crippen LogP contribution in [0, 0.1) is 5.92 Å². The number of esters is 1. The van der Waals surface area contributed by atoms with Crippen LogP contribution in [-0.2, 0) is 9.53 Å². The first-order chi connectivity index (χ1) is 7.24. The lowest BCUT2D eigenvalue weighted by molar-refractivity contribution is -0.155. The molecule has 2 atom stereocenters. The van der Waals surface area contributed by atoms with Crippen LogP contribution in [-0.4, -0.2) is 35.9 Å². The first-order valence-corrected chi connectivity index (χ1v) is 5.80. The Hall–Kier alpha value is -0.610. The van der Waals surface area contributed by atoms with E-state index in [0.717, 1.165) is 0 Å².